The van der Waals surface area contributed by atoms with Gasteiger partial charge in [-0.1, -0.05) is 6.07 Å². The van der Waals surface area contributed by atoms with E-state index in [0.29, 0.717) is 13.2 Å². The van der Waals surface area contributed by atoms with Crippen LogP contribution in [0, 0.1) is 5.41 Å². The molecule has 1 saturated heterocycles. The van der Waals surface area contributed by atoms with E-state index >= 15 is 0 Å². The van der Waals surface area contributed by atoms with Crippen LogP contribution in [0.3, 0.4) is 0 Å². The minimum Gasteiger partial charge on any atom is -0.396 e. The minimum absolute atomic E-state index is 0. The maximum absolute atomic E-state index is 9.37. The van der Waals surface area contributed by atoms with Gasteiger partial charge in [0.15, 0.2) is 5.96 Å². The van der Waals surface area contributed by atoms with Crippen molar-refractivity contribution in [3.05, 3.63) is 23.9 Å². The third-order valence-corrected chi connectivity index (χ3v) is 5.12. The van der Waals surface area contributed by atoms with E-state index in [1.807, 2.05) is 6.20 Å². The molecule has 28 heavy (non-hydrogen) atoms. The Hall–Kier alpha value is -1.13. The first-order chi connectivity index (χ1) is 13.2. The molecule has 0 spiro atoms. The van der Waals surface area contributed by atoms with Gasteiger partial charge in [-0.3, -0.25) is 0 Å². The quantitative estimate of drug-likeness (QED) is 0.258. The molecule has 3 N–H and O–H groups in total. The fraction of sp³-hybridized carbons (Fsp3) is 0.700. The molecular formula is C20H36IN5O2. The molecule has 1 aliphatic heterocycles. The van der Waals surface area contributed by atoms with Gasteiger partial charge < -0.3 is 25.4 Å². The second kappa shape index (κ2) is 13.2. The summed E-state index contributed by atoms with van der Waals surface area (Å²) in [6.45, 7) is 12.0. The summed E-state index contributed by atoms with van der Waals surface area (Å²) in [5.41, 5.74) is 1.08. The van der Waals surface area contributed by atoms with Crippen LogP contribution in [0.5, 0.6) is 0 Å². The molecule has 0 aliphatic carbocycles. The van der Waals surface area contributed by atoms with Gasteiger partial charge in [-0.05, 0) is 45.2 Å². The molecule has 0 aromatic carbocycles. The Morgan fingerprint density at radius 2 is 2.07 bits per heavy atom. The number of aromatic nitrogens is 1. The normalized spacial score (nSPS) is 19.2. The van der Waals surface area contributed by atoms with Crippen LogP contribution in [0.15, 0.2) is 23.3 Å². The van der Waals surface area contributed by atoms with Gasteiger partial charge in [0.25, 0.3) is 0 Å². The average Bonchev–Trinajstić information content (AvgIpc) is 3.15. The van der Waals surface area contributed by atoms with Crippen LogP contribution in [0.2, 0.25) is 0 Å². The Kier molecular flexibility index (Phi) is 11.7. The van der Waals surface area contributed by atoms with Gasteiger partial charge in [-0.15, -0.1) is 24.0 Å². The van der Waals surface area contributed by atoms with Crippen molar-refractivity contribution in [3.63, 3.8) is 0 Å². The number of rotatable bonds is 10. The summed E-state index contributed by atoms with van der Waals surface area (Å²) in [5, 5.41) is 16.1. The monoisotopic (exact) mass is 505 g/mol. The molecule has 160 valence electrons. The van der Waals surface area contributed by atoms with Crippen molar-refractivity contribution in [1.29, 1.82) is 0 Å². The summed E-state index contributed by atoms with van der Waals surface area (Å²) >= 11 is 0. The summed E-state index contributed by atoms with van der Waals surface area (Å²) in [4.78, 5) is 11.5. The largest absolute Gasteiger partial charge is 0.396 e. The number of hydrogen-bond donors (Lipinski definition) is 3. The lowest BCUT2D eigenvalue weighted by atomic mass is 9.84. The van der Waals surface area contributed by atoms with Crippen LogP contribution < -0.4 is 15.5 Å². The Labute approximate surface area is 186 Å². The molecule has 0 radical (unpaired) electrons. The van der Waals surface area contributed by atoms with E-state index in [1.165, 1.54) is 0 Å². The van der Waals surface area contributed by atoms with E-state index in [0.717, 1.165) is 63.0 Å². The zero-order chi connectivity index (χ0) is 19.5. The number of aliphatic hydroxyl groups excluding tert-OH is 1. The fourth-order valence-electron chi connectivity index (χ4n) is 3.34. The fourth-order valence-corrected chi connectivity index (χ4v) is 3.34. The predicted octanol–water partition coefficient (Wildman–Crippen LogP) is 2.39. The van der Waals surface area contributed by atoms with Crippen molar-refractivity contribution in [2.75, 3.05) is 50.9 Å². The van der Waals surface area contributed by atoms with E-state index < -0.39 is 0 Å². The summed E-state index contributed by atoms with van der Waals surface area (Å²) in [6.07, 6.45) is 3.62. The van der Waals surface area contributed by atoms with Gasteiger partial charge in [0, 0.05) is 51.0 Å². The average molecular weight is 505 g/mol. The van der Waals surface area contributed by atoms with E-state index in [-0.39, 0.29) is 36.0 Å². The van der Waals surface area contributed by atoms with Crippen molar-refractivity contribution >= 4 is 35.8 Å². The number of nitrogens with one attached hydrogen (secondary N) is 2. The summed E-state index contributed by atoms with van der Waals surface area (Å²) in [5.74, 6) is 1.79. The maximum Gasteiger partial charge on any atom is 0.191 e. The van der Waals surface area contributed by atoms with E-state index in [9.17, 15) is 5.11 Å². The Balaban J connectivity index is 0.00000392. The number of nitrogens with zero attached hydrogens (tertiary/aromatic N) is 3. The predicted molar refractivity (Wildman–Crippen MR) is 126 cm³/mol. The number of guanidine groups is 1. The van der Waals surface area contributed by atoms with Crippen LogP contribution in [0.25, 0.3) is 0 Å². The molecule has 2 heterocycles. The van der Waals surface area contributed by atoms with Crippen LogP contribution >= 0.6 is 24.0 Å². The van der Waals surface area contributed by atoms with E-state index in [1.54, 1.807) is 0 Å². The van der Waals surface area contributed by atoms with Gasteiger partial charge in [0.05, 0.1) is 13.2 Å². The lowest BCUT2D eigenvalue weighted by Crippen LogP contribution is -2.44. The summed E-state index contributed by atoms with van der Waals surface area (Å²) < 4.78 is 5.56. The van der Waals surface area contributed by atoms with Crippen molar-refractivity contribution in [2.24, 2.45) is 10.4 Å². The topological polar surface area (TPSA) is 82.0 Å². The van der Waals surface area contributed by atoms with Crippen LogP contribution in [0.4, 0.5) is 5.82 Å². The molecule has 2 rings (SSSR count). The van der Waals surface area contributed by atoms with Crippen molar-refractivity contribution in [3.8, 4) is 0 Å². The number of pyridine rings is 1. The molecule has 7 nitrogen and oxygen atoms in total. The molecule has 1 aromatic rings. The Bertz CT molecular complexity index is 572. The molecule has 0 amide bonds. The molecule has 1 unspecified atom stereocenters. The van der Waals surface area contributed by atoms with Crippen molar-refractivity contribution < 1.29 is 9.84 Å². The lowest BCUT2D eigenvalue weighted by molar-refractivity contribution is 0.127. The number of halogens is 1. The van der Waals surface area contributed by atoms with E-state index in [4.69, 9.17) is 4.74 Å². The second-order valence-corrected chi connectivity index (χ2v) is 7.02. The minimum atomic E-state index is -0.00207. The zero-order valence-corrected chi connectivity index (χ0v) is 19.7. The first kappa shape index (κ1) is 24.9. The van der Waals surface area contributed by atoms with Crippen molar-refractivity contribution in [2.45, 2.75) is 40.2 Å². The number of ether oxygens (including phenoxy) is 1. The van der Waals surface area contributed by atoms with Gasteiger partial charge in [-0.2, -0.15) is 0 Å². The number of hydrogen-bond acceptors (Lipinski definition) is 5. The molecular weight excluding hydrogens is 469 g/mol. The summed E-state index contributed by atoms with van der Waals surface area (Å²) in [6, 6.07) is 4.15. The van der Waals surface area contributed by atoms with Gasteiger partial charge in [0.2, 0.25) is 0 Å². The SMILES string of the molecule is CCNC(=NCc1ccc(N(CC)CC)nc1)NCC1(CCO)CCOC1.I. The first-order valence-electron chi connectivity index (χ1n) is 10.1. The highest BCUT2D eigenvalue weighted by Crippen LogP contribution is 2.31. The molecule has 0 saturated carbocycles. The standard InChI is InChI=1S/C20H35N5O2.HI/c1-4-21-19(24-15-20(9-11-26)10-12-27-16-20)23-14-17-7-8-18(22-13-17)25(5-2)6-3;/h7-8,13,26H,4-6,9-12,14-16H2,1-3H3,(H2,21,23,24);1H. The maximum atomic E-state index is 9.37. The molecule has 1 aliphatic rings. The number of anilines is 1. The van der Waals surface area contributed by atoms with Crippen LogP contribution in [-0.2, 0) is 11.3 Å². The Morgan fingerprint density at radius 3 is 2.61 bits per heavy atom. The zero-order valence-electron chi connectivity index (χ0n) is 17.4. The Morgan fingerprint density at radius 1 is 1.29 bits per heavy atom. The van der Waals surface area contributed by atoms with Crippen LogP contribution in [0.1, 0.15) is 39.2 Å². The van der Waals surface area contributed by atoms with Gasteiger partial charge in [-0.25, -0.2) is 9.98 Å². The molecule has 1 atom stereocenters. The smallest absolute Gasteiger partial charge is 0.191 e. The van der Waals surface area contributed by atoms with Crippen LogP contribution in [-0.4, -0.2) is 62.0 Å². The highest BCUT2D eigenvalue weighted by atomic mass is 127. The molecule has 1 aromatic heterocycles. The van der Waals surface area contributed by atoms with Gasteiger partial charge >= 0.3 is 0 Å². The highest BCUT2D eigenvalue weighted by molar-refractivity contribution is 14.0. The molecule has 1 fully saturated rings. The number of aliphatic hydroxyl groups is 1. The number of aliphatic imine (C=N–C) groups is 1. The highest BCUT2D eigenvalue weighted by Gasteiger charge is 2.34. The molecule has 8 heteroatoms. The third-order valence-electron chi connectivity index (χ3n) is 5.12. The summed E-state index contributed by atoms with van der Waals surface area (Å²) in [7, 11) is 0. The first-order valence-corrected chi connectivity index (χ1v) is 10.1. The van der Waals surface area contributed by atoms with E-state index in [2.05, 4.69) is 58.4 Å². The molecule has 0 bridgehead atoms. The lowest BCUT2D eigenvalue weighted by Gasteiger charge is -2.27. The third kappa shape index (κ3) is 7.36. The second-order valence-electron chi connectivity index (χ2n) is 7.02. The van der Waals surface area contributed by atoms with Crippen molar-refractivity contribution in [1.82, 2.24) is 15.6 Å². The van der Waals surface area contributed by atoms with Gasteiger partial charge in [0.1, 0.15) is 5.82 Å².